The van der Waals surface area contributed by atoms with E-state index in [2.05, 4.69) is 50.2 Å². The fraction of sp³-hybridized carbons (Fsp3) is 0.586. The Balaban J connectivity index is 1.46. The number of halogens is 1. The van der Waals surface area contributed by atoms with Crippen molar-refractivity contribution < 1.29 is 19.1 Å². The summed E-state index contributed by atoms with van der Waals surface area (Å²) in [5.74, 6) is 2.35. The summed E-state index contributed by atoms with van der Waals surface area (Å²) in [5.41, 5.74) is 3.89. The molecule has 8 nitrogen and oxygen atoms in total. The molecule has 0 N–H and O–H groups in total. The monoisotopic (exact) mass is 586 g/mol. The maximum Gasteiger partial charge on any atom is 0.410 e. The Bertz CT molecular complexity index is 1210. The van der Waals surface area contributed by atoms with E-state index < -0.39 is 5.60 Å². The highest BCUT2D eigenvalue weighted by molar-refractivity contribution is 9.10. The molecule has 4 rings (SSSR count). The Morgan fingerprint density at radius 3 is 2.39 bits per heavy atom. The van der Waals surface area contributed by atoms with Crippen molar-refractivity contribution in [3.63, 3.8) is 0 Å². The Hall–Kier alpha value is -2.61. The van der Waals surface area contributed by atoms with Gasteiger partial charge < -0.3 is 19.3 Å². The Labute approximate surface area is 234 Å². The highest BCUT2D eigenvalue weighted by Crippen LogP contribution is 2.42. The van der Waals surface area contributed by atoms with Crippen molar-refractivity contribution >= 4 is 28.0 Å². The van der Waals surface area contributed by atoms with E-state index in [9.17, 15) is 9.59 Å². The zero-order valence-corrected chi connectivity index (χ0v) is 24.9. The van der Waals surface area contributed by atoms with E-state index in [1.54, 1.807) is 0 Å². The highest BCUT2D eigenvalue weighted by atomic mass is 79.9. The number of allylic oxidation sites excluding steroid dienone is 1. The number of piperidine rings is 1. The molecule has 1 aromatic carbocycles. The molecule has 1 spiro atoms. The minimum Gasteiger partial charge on any atom is -0.490 e. The SMILES string of the molecule is COC(=C=O)C[C@H](CN1CC2(CCN(C(=O)OC(C)(C)C)CC2)C1)c1cc(Br)cc(-n2nc(C)cc2C)c1. The van der Waals surface area contributed by atoms with E-state index in [1.807, 2.05) is 50.1 Å². The second-order valence-corrected chi connectivity index (χ2v) is 12.8. The molecule has 0 unspecified atom stereocenters. The second kappa shape index (κ2) is 11.2. The molecule has 3 heterocycles. The van der Waals surface area contributed by atoms with Gasteiger partial charge in [0.05, 0.1) is 18.5 Å². The topological polar surface area (TPSA) is 76.9 Å². The van der Waals surface area contributed by atoms with Gasteiger partial charge in [-0.15, -0.1) is 0 Å². The smallest absolute Gasteiger partial charge is 0.410 e. The van der Waals surface area contributed by atoms with Crippen LogP contribution in [0.15, 0.2) is 34.5 Å². The zero-order valence-electron chi connectivity index (χ0n) is 23.3. The predicted molar refractivity (Wildman–Crippen MR) is 150 cm³/mol. The lowest BCUT2D eigenvalue weighted by atomic mass is 9.71. The Kier molecular flexibility index (Phi) is 8.40. The van der Waals surface area contributed by atoms with Crippen LogP contribution in [0.1, 0.15) is 62.9 Å². The number of nitrogens with zero attached hydrogens (tertiary/aromatic N) is 4. The van der Waals surface area contributed by atoms with Crippen LogP contribution in [0.25, 0.3) is 5.69 Å². The summed E-state index contributed by atoms with van der Waals surface area (Å²) in [6, 6.07) is 8.39. The van der Waals surface area contributed by atoms with Crippen LogP contribution in [0.2, 0.25) is 0 Å². The summed E-state index contributed by atoms with van der Waals surface area (Å²) in [6.07, 6.45) is 2.21. The van der Waals surface area contributed by atoms with Crippen LogP contribution in [0, 0.1) is 19.3 Å². The van der Waals surface area contributed by atoms with Gasteiger partial charge in [0.1, 0.15) is 5.60 Å². The molecule has 0 bridgehead atoms. The lowest BCUT2D eigenvalue weighted by Crippen LogP contribution is -2.61. The van der Waals surface area contributed by atoms with Gasteiger partial charge in [0.15, 0.2) is 11.7 Å². The summed E-state index contributed by atoms with van der Waals surface area (Å²) in [7, 11) is 1.52. The zero-order chi connectivity index (χ0) is 27.7. The van der Waals surface area contributed by atoms with Crippen LogP contribution >= 0.6 is 15.9 Å². The third kappa shape index (κ3) is 6.68. The van der Waals surface area contributed by atoms with Gasteiger partial charge in [0.2, 0.25) is 0 Å². The summed E-state index contributed by atoms with van der Waals surface area (Å²) in [6.45, 7) is 14.0. The molecule has 0 radical (unpaired) electrons. The number of ether oxygens (including phenoxy) is 2. The van der Waals surface area contributed by atoms with Crippen molar-refractivity contribution in [1.82, 2.24) is 19.6 Å². The summed E-state index contributed by atoms with van der Waals surface area (Å²) in [4.78, 5) is 28.3. The number of rotatable bonds is 7. The van der Waals surface area contributed by atoms with Crippen LogP contribution in [-0.4, -0.2) is 77.0 Å². The van der Waals surface area contributed by atoms with Gasteiger partial charge >= 0.3 is 6.09 Å². The minimum absolute atomic E-state index is 0.0545. The first-order chi connectivity index (χ1) is 17.9. The number of hydrogen-bond donors (Lipinski definition) is 0. The maximum absolute atomic E-state index is 12.5. The molecule has 2 aliphatic heterocycles. The van der Waals surface area contributed by atoms with Crippen LogP contribution in [0.4, 0.5) is 4.79 Å². The molecule has 206 valence electrons. The average Bonchev–Trinajstić information content (AvgIpc) is 3.17. The minimum atomic E-state index is -0.479. The Morgan fingerprint density at radius 2 is 1.84 bits per heavy atom. The van der Waals surface area contributed by atoms with E-state index in [0.717, 1.165) is 72.7 Å². The number of methoxy groups -OCH3 is 1. The molecule has 38 heavy (non-hydrogen) atoms. The van der Waals surface area contributed by atoms with E-state index in [4.69, 9.17) is 9.47 Å². The van der Waals surface area contributed by atoms with Crippen LogP contribution in [0.3, 0.4) is 0 Å². The summed E-state index contributed by atoms with van der Waals surface area (Å²) >= 11 is 3.69. The fourth-order valence-electron chi connectivity index (χ4n) is 5.67. The first-order valence-corrected chi connectivity index (χ1v) is 14.0. The molecule has 2 aromatic rings. The molecule has 0 saturated carbocycles. The molecule has 2 aliphatic rings. The van der Waals surface area contributed by atoms with Crippen molar-refractivity contribution in [2.45, 2.75) is 65.4 Å². The largest absolute Gasteiger partial charge is 0.490 e. The lowest BCUT2D eigenvalue weighted by molar-refractivity contribution is -0.0536. The predicted octanol–water partition coefficient (Wildman–Crippen LogP) is 5.42. The standard InChI is InChI=1S/C29H39BrN4O4/c1-20-11-21(2)34(31-20)25-13-22(12-24(30)15-25)23(14-26(17-35)37-6)16-32-18-29(19-32)7-9-33(10-8-29)27(36)38-28(3,4)5/h11-13,15,23H,7-10,14,16,18-19H2,1-6H3/t23-/m1/s1. The quantitative estimate of drug-likeness (QED) is 0.318. The highest BCUT2D eigenvalue weighted by Gasteiger charge is 2.46. The van der Waals surface area contributed by atoms with E-state index >= 15 is 0 Å². The molecule has 2 fully saturated rings. The van der Waals surface area contributed by atoms with Gasteiger partial charge in [-0.05, 0) is 82.7 Å². The Morgan fingerprint density at radius 1 is 1.16 bits per heavy atom. The van der Waals surface area contributed by atoms with Crippen LogP contribution < -0.4 is 0 Å². The number of carbonyl (C=O) groups excluding carboxylic acids is 2. The van der Waals surface area contributed by atoms with Gasteiger partial charge in [0, 0.05) is 55.2 Å². The average molecular weight is 588 g/mol. The number of aromatic nitrogens is 2. The molecule has 1 aromatic heterocycles. The van der Waals surface area contributed by atoms with Gasteiger partial charge in [-0.25, -0.2) is 14.3 Å². The molecular formula is C29H39BrN4O4. The fourth-order valence-corrected chi connectivity index (χ4v) is 6.17. The summed E-state index contributed by atoms with van der Waals surface area (Å²) < 4.78 is 13.8. The van der Waals surface area contributed by atoms with Crippen molar-refractivity contribution in [1.29, 1.82) is 0 Å². The first-order valence-electron chi connectivity index (χ1n) is 13.2. The van der Waals surface area contributed by atoms with Crippen molar-refractivity contribution in [3.8, 4) is 5.69 Å². The number of carbonyl (C=O) groups is 1. The molecule has 1 amide bonds. The van der Waals surface area contributed by atoms with E-state index in [0.29, 0.717) is 12.2 Å². The molecule has 1 atom stereocenters. The van der Waals surface area contributed by atoms with E-state index in [1.165, 1.54) is 7.11 Å². The third-order valence-corrected chi connectivity index (χ3v) is 7.95. The molecular weight excluding hydrogens is 548 g/mol. The molecule has 2 saturated heterocycles. The van der Waals surface area contributed by atoms with Crippen LogP contribution in [-0.2, 0) is 14.3 Å². The normalized spacial score (nSPS) is 18.0. The van der Waals surface area contributed by atoms with Crippen molar-refractivity contribution in [2.75, 3.05) is 39.8 Å². The van der Waals surface area contributed by atoms with Gasteiger partial charge in [-0.1, -0.05) is 15.9 Å². The number of aryl methyl sites for hydroxylation is 2. The van der Waals surface area contributed by atoms with Gasteiger partial charge in [-0.2, -0.15) is 5.10 Å². The lowest BCUT2D eigenvalue weighted by Gasteiger charge is -2.54. The van der Waals surface area contributed by atoms with Crippen LogP contribution in [0.5, 0.6) is 0 Å². The molecule has 9 heteroatoms. The van der Waals surface area contributed by atoms with E-state index in [-0.39, 0.29) is 17.4 Å². The van der Waals surface area contributed by atoms with Gasteiger partial charge in [-0.3, -0.25) is 0 Å². The van der Waals surface area contributed by atoms with Crippen molar-refractivity contribution in [3.05, 3.63) is 51.4 Å². The van der Waals surface area contributed by atoms with Crippen molar-refractivity contribution in [2.24, 2.45) is 5.41 Å². The number of likely N-dealkylation sites (tertiary alicyclic amines) is 2. The number of amides is 1. The summed E-state index contributed by atoms with van der Waals surface area (Å²) in [5, 5.41) is 4.65. The number of benzene rings is 1. The second-order valence-electron chi connectivity index (χ2n) is 11.8. The number of hydrogen-bond acceptors (Lipinski definition) is 6. The maximum atomic E-state index is 12.5. The molecule has 0 aliphatic carbocycles. The van der Waals surface area contributed by atoms with Gasteiger partial charge in [0.25, 0.3) is 0 Å². The third-order valence-electron chi connectivity index (χ3n) is 7.49. The first kappa shape index (κ1) is 28.4.